The van der Waals surface area contributed by atoms with Crippen molar-refractivity contribution in [3.8, 4) is 11.5 Å². The van der Waals surface area contributed by atoms with Crippen molar-refractivity contribution < 1.29 is 19.1 Å². The Morgan fingerprint density at radius 2 is 1.75 bits per heavy atom. The smallest absolute Gasteiger partial charge is 0.343 e. The first-order valence-electron chi connectivity index (χ1n) is 10.3. The molecule has 3 aromatic rings. The maximum absolute atomic E-state index is 12.9. The predicted molar refractivity (Wildman–Crippen MR) is 126 cm³/mol. The molecular weight excluding hydrogens is 424 g/mol. The molecule has 0 amide bonds. The molecule has 32 heavy (non-hydrogen) atoms. The molecule has 0 saturated carbocycles. The second-order valence-electron chi connectivity index (χ2n) is 8.82. The van der Waals surface area contributed by atoms with E-state index in [0.29, 0.717) is 33.2 Å². The maximum atomic E-state index is 12.9. The molecule has 1 aliphatic rings. The van der Waals surface area contributed by atoms with E-state index in [-0.39, 0.29) is 17.0 Å². The van der Waals surface area contributed by atoms with Gasteiger partial charge in [-0.1, -0.05) is 62.7 Å². The van der Waals surface area contributed by atoms with Crippen molar-refractivity contribution in [1.82, 2.24) is 0 Å². The number of ketones is 1. The Balaban J connectivity index is 1.58. The molecule has 0 saturated heterocycles. The summed E-state index contributed by atoms with van der Waals surface area (Å²) in [6.07, 6.45) is 1.73. The number of carbonyl (C=O) groups is 2. The number of fused-ring (bicyclic) bond motifs is 1. The van der Waals surface area contributed by atoms with Crippen LogP contribution in [0.5, 0.6) is 11.5 Å². The van der Waals surface area contributed by atoms with E-state index in [1.54, 1.807) is 43.3 Å². The summed E-state index contributed by atoms with van der Waals surface area (Å²) in [5.74, 6) is 0.192. The molecule has 0 radical (unpaired) electrons. The number of esters is 1. The van der Waals surface area contributed by atoms with Crippen molar-refractivity contribution in [2.24, 2.45) is 0 Å². The van der Waals surface area contributed by atoms with E-state index in [4.69, 9.17) is 21.1 Å². The lowest BCUT2D eigenvalue weighted by Gasteiger charge is -2.18. The molecule has 0 atom stereocenters. The average molecular weight is 447 g/mol. The summed E-state index contributed by atoms with van der Waals surface area (Å²) in [5.41, 5.74) is 3.63. The molecule has 0 unspecified atom stereocenters. The van der Waals surface area contributed by atoms with Crippen LogP contribution in [0.4, 0.5) is 0 Å². The van der Waals surface area contributed by atoms with Gasteiger partial charge < -0.3 is 9.47 Å². The van der Waals surface area contributed by atoms with E-state index in [0.717, 1.165) is 5.56 Å². The SMILES string of the molecule is Cc1cc(OC(=O)c2cccc(Cl)c2)cc2c1C(=O)/C(=C/c1ccc(C(C)(C)C)cc1)O2. The first-order valence-corrected chi connectivity index (χ1v) is 10.7. The first kappa shape index (κ1) is 21.8. The largest absolute Gasteiger partial charge is 0.452 e. The molecule has 3 aromatic carbocycles. The summed E-state index contributed by atoms with van der Waals surface area (Å²) in [6, 6.07) is 17.8. The van der Waals surface area contributed by atoms with Gasteiger partial charge >= 0.3 is 5.97 Å². The lowest BCUT2D eigenvalue weighted by molar-refractivity contribution is 0.0734. The third-order valence-electron chi connectivity index (χ3n) is 5.29. The van der Waals surface area contributed by atoms with Crippen LogP contribution in [-0.2, 0) is 5.41 Å². The number of aryl methyl sites for hydroxylation is 1. The normalized spacial score (nSPS) is 14.3. The van der Waals surface area contributed by atoms with Gasteiger partial charge in [-0.2, -0.15) is 0 Å². The number of hydrogen-bond donors (Lipinski definition) is 0. The van der Waals surface area contributed by atoms with Crippen molar-refractivity contribution in [3.63, 3.8) is 0 Å². The molecule has 0 aliphatic carbocycles. The van der Waals surface area contributed by atoms with E-state index >= 15 is 0 Å². The van der Waals surface area contributed by atoms with Gasteiger partial charge in [-0.3, -0.25) is 4.79 Å². The molecular formula is C27H23ClO4. The van der Waals surface area contributed by atoms with Crippen LogP contribution in [0, 0.1) is 6.92 Å². The quantitative estimate of drug-likeness (QED) is 0.253. The molecule has 5 heteroatoms. The van der Waals surface area contributed by atoms with Gasteiger partial charge in [0.2, 0.25) is 5.78 Å². The lowest BCUT2D eigenvalue weighted by Crippen LogP contribution is -2.10. The van der Waals surface area contributed by atoms with Crippen molar-refractivity contribution in [3.05, 3.63) is 99.3 Å². The number of carbonyl (C=O) groups excluding carboxylic acids is 2. The number of benzene rings is 3. The number of ether oxygens (including phenoxy) is 2. The summed E-state index contributed by atoms with van der Waals surface area (Å²) in [6.45, 7) is 8.25. The van der Waals surface area contributed by atoms with Crippen LogP contribution in [0.2, 0.25) is 5.02 Å². The van der Waals surface area contributed by atoms with Crippen LogP contribution in [0.3, 0.4) is 0 Å². The molecule has 162 valence electrons. The molecule has 1 heterocycles. The Hall–Kier alpha value is -3.37. The number of Topliss-reactive ketones (excluding diaryl/α,β-unsaturated/α-hetero) is 1. The van der Waals surface area contributed by atoms with Gasteiger partial charge in [0.15, 0.2) is 5.76 Å². The maximum Gasteiger partial charge on any atom is 0.343 e. The number of rotatable bonds is 3. The van der Waals surface area contributed by atoms with Crippen LogP contribution in [0.15, 0.2) is 66.4 Å². The Bertz CT molecular complexity index is 1250. The van der Waals surface area contributed by atoms with E-state index in [2.05, 4.69) is 32.9 Å². The Morgan fingerprint density at radius 1 is 1.03 bits per heavy atom. The van der Waals surface area contributed by atoms with Crippen molar-refractivity contribution in [2.75, 3.05) is 0 Å². The molecule has 4 nitrogen and oxygen atoms in total. The lowest BCUT2D eigenvalue weighted by atomic mass is 9.86. The Kier molecular flexibility index (Phi) is 5.66. The van der Waals surface area contributed by atoms with E-state index in [1.165, 1.54) is 11.6 Å². The predicted octanol–water partition coefficient (Wildman–Crippen LogP) is 6.78. The summed E-state index contributed by atoms with van der Waals surface area (Å²) in [4.78, 5) is 25.4. The highest BCUT2D eigenvalue weighted by molar-refractivity contribution is 6.30. The van der Waals surface area contributed by atoms with Gasteiger partial charge in [-0.05, 0) is 59.4 Å². The highest BCUT2D eigenvalue weighted by Crippen LogP contribution is 2.38. The topological polar surface area (TPSA) is 52.6 Å². The highest BCUT2D eigenvalue weighted by Gasteiger charge is 2.30. The Labute approximate surface area is 192 Å². The second-order valence-corrected chi connectivity index (χ2v) is 9.26. The van der Waals surface area contributed by atoms with Crippen LogP contribution in [-0.4, -0.2) is 11.8 Å². The molecule has 0 bridgehead atoms. The first-order chi connectivity index (χ1) is 15.1. The van der Waals surface area contributed by atoms with Gasteiger partial charge in [0.05, 0.1) is 11.1 Å². The second kappa shape index (κ2) is 8.29. The zero-order valence-electron chi connectivity index (χ0n) is 18.4. The highest BCUT2D eigenvalue weighted by atomic mass is 35.5. The number of hydrogen-bond acceptors (Lipinski definition) is 4. The average Bonchev–Trinajstić information content (AvgIpc) is 3.03. The summed E-state index contributed by atoms with van der Waals surface area (Å²) in [5, 5.41) is 0.448. The Morgan fingerprint density at radius 3 is 2.41 bits per heavy atom. The molecule has 0 N–H and O–H groups in total. The van der Waals surface area contributed by atoms with Gasteiger partial charge in [0.25, 0.3) is 0 Å². The molecule has 0 fully saturated rings. The third kappa shape index (κ3) is 4.46. The zero-order valence-corrected chi connectivity index (χ0v) is 19.1. The molecule has 4 rings (SSSR count). The minimum Gasteiger partial charge on any atom is -0.452 e. The van der Waals surface area contributed by atoms with Crippen LogP contribution in [0.1, 0.15) is 58.2 Å². The van der Waals surface area contributed by atoms with Gasteiger partial charge in [0.1, 0.15) is 11.5 Å². The minimum absolute atomic E-state index is 0.0532. The van der Waals surface area contributed by atoms with Gasteiger partial charge in [-0.25, -0.2) is 4.79 Å². The summed E-state index contributed by atoms with van der Waals surface area (Å²) in [7, 11) is 0. The molecule has 0 aromatic heterocycles. The van der Waals surface area contributed by atoms with Gasteiger partial charge in [0, 0.05) is 11.1 Å². The molecule has 0 spiro atoms. The zero-order chi connectivity index (χ0) is 23.0. The fourth-order valence-electron chi connectivity index (χ4n) is 3.55. The van der Waals surface area contributed by atoms with Crippen molar-refractivity contribution in [1.29, 1.82) is 0 Å². The fourth-order valence-corrected chi connectivity index (χ4v) is 3.74. The van der Waals surface area contributed by atoms with E-state index < -0.39 is 5.97 Å². The van der Waals surface area contributed by atoms with Crippen LogP contribution < -0.4 is 9.47 Å². The van der Waals surface area contributed by atoms with Crippen molar-refractivity contribution >= 4 is 29.4 Å². The van der Waals surface area contributed by atoms with E-state index in [1.807, 2.05) is 12.1 Å². The molecule has 1 aliphatic heterocycles. The summed E-state index contributed by atoms with van der Waals surface area (Å²) >= 11 is 5.95. The minimum atomic E-state index is -0.536. The van der Waals surface area contributed by atoms with E-state index in [9.17, 15) is 9.59 Å². The number of halogens is 1. The summed E-state index contributed by atoms with van der Waals surface area (Å²) < 4.78 is 11.3. The van der Waals surface area contributed by atoms with Crippen molar-refractivity contribution in [2.45, 2.75) is 33.1 Å². The standard InChI is InChI=1S/C27H23ClO4/c1-16-12-21(31-26(30)18-6-5-7-20(28)14-18)15-22-24(16)25(29)23(32-22)13-17-8-10-19(11-9-17)27(2,3)4/h5-15H,1-4H3/b23-13-. The third-order valence-corrected chi connectivity index (χ3v) is 5.52. The van der Waals surface area contributed by atoms with Crippen LogP contribution >= 0.6 is 11.6 Å². The van der Waals surface area contributed by atoms with Gasteiger partial charge in [-0.15, -0.1) is 0 Å². The number of allylic oxidation sites excluding steroid dienone is 1. The monoisotopic (exact) mass is 446 g/mol. The van der Waals surface area contributed by atoms with Crippen LogP contribution in [0.25, 0.3) is 6.08 Å². The fraction of sp³-hybridized carbons (Fsp3) is 0.185.